The second kappa shape index (κ2) is 9.23. The van der Waals surface area contributed by atoms with Gasteiger partial charge in [-0.25, -0.2) is 0 Å². The van der Waals surface area contributed by atoms with Crippen molar-refractivity contribution in [3.05, 3.63) is 24.3 Å². The van der Waals surface area contributed by atoms with Crippen LogP contribution in [0.4, 0.5) is 5.69 Å². The summed E-state index contributed by atoms with van der Waals surface area (Å²) < 4.78 is 5.48. The van der Waals surface area contributed by atoms with Gasteiger partial charge in [0.25, 0.3) is 0 Å². The number of nitrogens with two attached hydrogens (primary N) is 1. The highest BCUT2D eigenvalue weighted by Crippen LogP contribution is 2.14. The zero-order chi connectivity index (χ0) is 15.7. The summed E-state index contributed by atoms with van der Waals surface area (Å²) in [6, 6.07) is 7.74. The molecule has 5 heteroatoms. The van der Waals surface area contributed by atoms with Crippen molar-refractivity contribution in [1.29, 1.82) is 0 Å². The second-order valence-corrected chi connectivity index (χ2v) is 5.45. The molecule has 0 aliphatic rings. The van der Waals surface area contributed by atoms with Crippen LogP contribution in [-0.2, 0) is 4.79 Å². The number of anilines is 1. The van der Waals surface area contributed by atoms with Crippen LogP contribution in [0.2, 0.25) is 0 Å². The van der Waals surface area contributed by atoms with Gasteiger partial charge in [-0.05, 0) is 46.0 Å². The fraction of sp³-hybridized carbons (Fsp3) is 0.562. The van der Waals surface area contributed by atoms with E-state index in [4.69, 9.17) is 10.5 Å². The average molecular weight is 293 g/mol. The number of nitrogen functional groups attached to an aromatic ring is 1. The van der Waals surface area contributed by atoms with Crippen LogP contribution in [0.25, 0.3) is 0 Å². The first-order valence-corrected chi connectivity index (χ1v) is 7.44. The number of nitrogens with one attached hydrogen (secondary N) is 1. The van der Waals surface area contributed by atoms with Gasteiger partial charge < -0.3 is 20.7 Å². The van der Waals surface area contributed by atoms with Crippen molar-refractivity contribution >= 4 is 11.6 Å². The van der Waals surface area contributed by atoms with E-state index in [1.165, 1.54) is 0 Å². The van der Waals surface area contributed by atoms with Crippen LogP contribution in [0, 0.1) is 0 Å². The normalized spacial score (nSPS) is 10.9. The summed E-state index contributed by atoms with van der Waals surface area (Å²) in [7, 11) is 2.09. The molecule has 0 fully saturated rings. The van der Waals surface area contributed by atoms with Gasteiger partial charge in [-0.15, -0.1) is 0 Å². The Morgan fingerprint density at radius 2 is 2.19 bits per heavy atom. The number of ether oxygens (including phenoxy) is 1. The smallest absolute Gasteiger partial charge is 0.223 e. The highest BCUT2D eigenvalue weighted by Gasteiger charge is 2.04. The summed E-state index contributed by atoms with van der Waals surface area (Å²) in [5.41, 5.74) is 6.31. The van der Waals surface area contributed by atoms with Crippen LogP contribution in [-0.4, -0.2) is 43.6 Å². The molecule has 0 unspecified atom stereocenters. The Hall–Kier alpha value is -1.75. The maximum atomic E-state index is 11.6. The number of amides is 1. The number of hydrogen-bond donors (Lipinski definition) is 2. The monoisotopic (exact) mass is 293 g/mol. The first-order chi connectivity index (χ1) is 9.99. The van der Waals surface area contributed by atoms with Gasteiger partial charge in [0, 0.05) is 24.3 Å². The van der Waals surface area contributed by atoms with E-state index >= 15 is 0 Å². The lowest BCUT2D eigenvalue weighted by Crippen LogP contribution is -2.31. The minimum atomic E-state index is 0.0195. The molecule has 3 N–H and O–H groups in total. The summed E-state index contributed by atoms with van der Waals surface area (Å²) in [5, 5.41) is 2.90. The van der Waals surface area contributed by atoms with Gasteiger partial charge in [-0.2, -0.15) is 0 Å². The molecule has 0 bridgehead atoms. The minimum Gasteiger partial charge on any atom is -0.493 e. The maximum absolute atomic E-state index is 11.6. The summed E-state index contributed by atoms with van der Waals surface area (Å²) in [5.74, 6) is 0.715. The molecule has 1 amide bonds. The van der Waals surface area contributed by atoms with E-state index < -0.39 is 0 Å². The van der Waals surface area contributed by atoms with Crippen LogP contribution < -0.4 is 15.8 Å². The topological polar surface area (TPSA) is 67.6 Å². The molecule has 1 aromatic carbocycles. The van der Waals surface area contributed by atoms with Crippen molar-refractivity contribution in [2.75, 3.05) is 32.5 Å². The SMILES string of the molecule is CC(C)N(C)CCCNC(=O)CCOc1cccc(N)c1. The highest BCUT2D eigenvalue weighted by molar-refractivity contribution is 5.75. The molecule has 1 rings (SSSR count). The fourth-order valence-corrected chi connectivity index (χ4v) is 1.77. The zero-order valence-corrected chi connectivity index (χ0v) is 13.3. The van der Waals surface area contributed by atoms with Crippen molar-refractivity contribution in [2.45, 2.75) is 32.7 Å². The van der Waals surface area contributed by atoms with Crippen LogP contribution in [0.1, 0.15) is 26.7 Å². The predicted octanol–water partition coefficient (Wildman–Crippen LogP) is 1.88. The fourth-order valence-electron chi connectivity index (χ4n) is 1.77. The van der Waals surface area contributed by atoms with Crippen LogP contribution in [0.5, 0.6) is 5.75 Å². The van der Waals surface area contributed by atoms with Crippen LogP contribution >= 0.6 is 0 Å². The van der Waals surface area contributed by atoms with Crippen molar-refractivity contribution < 1.29 is 9.53 Å². The first kappa shape index (κ1) is 17.3. The molecule has 0 aliphatic heterocycles. The first-order valence-electron chi connectivity index (χ1n) is 7.44. The molecule has 0 aromatic heterocycles. The van der Waals surface area contributed by atoms with Crippen LogP contribution in [0.15, 0.2) is 24.3 Å². The molecule has 0 saturated carbocycles. The average Bonchev–Trinajstić information content (AvgIpc) is 2.43. The number of carbonyl (C=O) groups excluding carboxylic acids is 1. The molecule has 0 saturated heterocycles. The Bertz CT molecular complexity index is 435. The maximum Gasteiger partial charge on any atom is 0.223 e. The molecule has 21 heavy (non-hydrogen) atoms. The van der Waals surface area contributed by atoms with Gasteiger partial charge in [-0.3, -0.25) is 4.79 Å². The van der Waals surface area contributed by atoms with E-state index in [2.05, 4.69) is 31.1 Å². The minimum absolute atomic E-state index is 0.0195. The summed E-state index contributed by atoms with van der Waals surface area (Å²) >= 11 is 0. The third-order valence-corrected chi connectivity index (χ3v) is 3.35. The van der Waals surface area contributed by atoms with E-state index in [0.29, 0.717) is 37.1 Å². The standard InChI is InChI=1S/C16H27N3O2/c1-13(2)19(3)10-5-9-18-16(20)8-11-21-15-7-4-6-14(17)12-15/h4,6-7,12-13H,5,8-11,17H2,1-3H3,(H,18,20). The third-order valence-electron chi connectivity index (χ3n) is 3.35. The zero-order valence-electron chi connectivity index (χ0n) is 13.3. The number of rotatable bonds is 9. The Labute approximate surface area is 127 Å². The lowest BCUT2D eigenvalue weighted by Gasteiger charge is -2.20. The lowest BCUT2D eigenvalue weighted by atomic mass is 10.3. The van der Waals surface area contributed by atoms with Gasteiger partial charge in [0.05, 0.1) is 13.0 Å². The summed E-state index contributed by atoms with van der Waals surface area (Å²) in [6.07, 6.45) is 1.31. The number of nitrogens with zero attached hydrogens (tertiary/aromatic N) is 1. The molecule has 5 nitrogen and oxygen atoms in total. The van der Waals surface area contributed by atoms with Crippen molar-refractivity contribution in [3.8, 4) is 5.75 Å². The van der Waals surface area contributed by atoms with Gasteiger partial charge >= 0.3 is 0 Å². The number of hydrogen-bond acceptors (Lipinski definition) is 4. The van der Waals surface area contributed by atoms with Gasteiger partial charge in [0.2, 0.25) is 5.91 Å². The highest BCUT2D eigenvalue weighted by atomic mass is 16.5. The third kappa shape index (κ3) is 7.56. The van der Waals surface area contributed by atoms with Crippen molar-refractivity contribution in [3.63, 3.8) is 0 Å². The molecule has 0 radical (unpaired) electrons. The van der Waals surface area contributed by atoms with Crippen LogP contribution in [0.3, 0.4) is 0 Å². The largest absolute Gasteiger partial charge is 0.493 e. The molecule has 1 aromatic rings. The Morgan fingerprint density at radius 1 is 1.43 bits per heavy atom. The summed E-state index contributed by atoms with van der Waals surface area (Å²) in [6.45, 7) is 6.37. The van der Waals surface area contributed by atoms with Gasteiger partial charge in [0.1, 0.15) is 5.75 Å². The van der Waals surface area contributed by atoms with E-state index in [9.17, 15) is 4.79 Å². The molecule has 0 aliphatic carbocycles. The van der Waals surface area contributed by atoms with E-state index in [-0.39, 0.29) is 5.91 Å². The molecule has 0 atom stereocenters. The van der Waals surface area contributed by atoms with E-state index in [1.54, 1.807) is 12.1 Å². The molecule has 0 heterocycles. The number of benzene rings is 1. The molecular formula is C16H27N3O2. The Morgan fingerprint density at radius 3 is 2.86 bits per heavy atom. The summed E-state index contributed by atoms with van der Waals surface area (Å²) in [4.78, 5) is 13.9. The van der Waals surface area contributed by atoms with E-state index in [1.807, 2.05) is 12.1 Å². The van der Waals surface area contributed by atoms with E-state index in [0.717, 1.165) is 13.0 Å². The van der Waals surface area contributed by atoms with Gasteiger partial charge in [-0.1, -0.05) is 6.07 Å². The Kier molecular flexibility index (Phi) is 7.61. The van der Waals surface area contributed by atoms with Gasteiger partial charge in [0.15, 0.2) is 0 Å². The van der Waals surface area contributed by atoms with Crippen molar-refractivity contribution in [1.82, 2.24) is 10.2 Å². The lowest BCUT2D eigenvalue weighted by molar-refractivity contribution is -0.121. The quantitative estimate of drug-likeness (QED) is 0.539. The number of carbonyl (C=O) groups is 1. The second-order valence-electron chi connectivity index (χ2n) is 5.45. The molecule has 118 valence electrons. The van der Waals surface area contributed by atoms with Crippen molar-refractivity contribution in [2.24, 2.45) is 0 Å². The predicted molar refractivity (Wildman–Crippen MR) is 86.4 cm³/mol. The molecule has 0 spiro atoms. The molecular weight excluding hydrogens is 266 g/mol. The Balaban J connectivity index is 2.09.